The highest BCUT2D eigenvalue weighted by Crippen LogP contribution is 2.05. The van der Waals surface area contributed by atoms with Crippen molar-refractivity contribution in [2.75, 3.05) is 6.54 Å². The first-order valence-corrected chi connectivity index (χ1v) is 7.36. The molecule has 0 aliphatic heterocycles. The summed E-state index contributed by atoms with van der Waals surface area (Å²) < 4.78 is 0. The SMILES string of the molecule is CCCCCCCC(=O)N[C@H](CC(N)=O)C(=O)NCC. The topological polar surface area (TPSA) is 101 Å². The van der Waals surface area contributed by atoms with Crippen LogP contribution in [0.4, 0.5) is 0 Å². The molecule has 0 aromatic heterocycles. The van der Waals surface area contributed by atoms with Crippen LogP contribution in [0.1, 0.15) is 58.8 Å². The Hall–Kier alpha value is -1.59. The molecule has 0 aromatic carbocycles. The van der Waals surface area contributed by atoms with E-state index in [1.54, 1.807) is 6.92 Å². The van der Waals surface area contributed by atoms with Crippen LogP contribution in [-0.2, 0) is 14.4 Å². The third-order valence-corrected chi connectivity index (χ3v) is 2.92. The zero-order chi connectivity index (χ0) is 15.4. The molecule has 0 aliphatic carbocycles. The van der Waals surface area contributed by atoms with E-state index in [2.05, 4.69) is 17.6 Å². The van der Waals surface area contributed by atoms with Crippen molar-refractivity contribution in [3.8, 4) is 0 Å². The van der Waals surface area contributed by atoms with E-state index in [4.69, 9.17) is 5.73 Å². The molecule has 0 saturated carbocycles. The van der Waals surface area contributed by atoms with Crippen molar-refractivity contribution in [1.29, 1.82) is 0 Å². The van der Waals surface area contributed by atoms with Crippen molar-refractivity contribution in [3.05, 3.63) is 0 Å². The lowest BCUT2D eigenvalue weighted by Gasteiger charge is -2.16. The Kier molecular flexibility index (Phi) is 10.4. The molecule has 0 fully saturated rings. The zero-order valence-corrected chi connectivity index (χ0v) is 12.5. The van der Waals surface area contributed by atoms with E-state index in [1.165, 1.54) is 6.42 Å². The number of hydrogen-bond acceptors (Lipinski definition) is 3. The predicted octanol–water partition coefficient (Wildman–Crippen LogP) is 0.843. The normalized spacial score (nSPS) is 11.7. The molecule has 6 heteroatoms. The number of carbonyl (C=O) groups is 3. The van der Waals surface area contributed by atoms with Crippen LogP contribution in [0.3, 0.4) is 0 Å². The maximum atomic E-state index is 11.7. The molecule has 0 rings (SSSR count). The molecule has 0 aliphatic rings. The second-order valence-electron chi connectivity index (χ2n) is 4.85. The molecule has 1 atom stereocenters. The smallest absolute Gasteiger partial charge is 0.243 e. The van der Waals surface area contributed by atoms with Crippen molar-refractivity contribution in [2.24, 2.45) is 5.73 Å². The molecule has 0 bridgehead atoms. The molecule has 0 unspecified atom stereocenters. The summed E-state index contributed by atoms with van der Waals surface area (Å²) in [5.74, 6) is -1.19. The van der Waals surface area contributed by atoms with Crippen LogP contribution in [-0.4, -0.2) is 30.3 Å². The van der Waals surface area contributed by atoms with Gasteiger partial charge < -0.3 is 16.4 Å². The van der Waals surface area contributed by atoms with Crippen LogP contribution in [0.15, 0.2) is 0 Å². The van der Waals surface area contributed by atoms with Gasteiger partial charge in [-0.3, -0.25) is 14.4 Å². The summed E-state index contributed by atoms with van der Waals surface area (Å²) in [4.78, 5) is 34.4. The van der Waals surface area contributed by atoms with Gasteiger partial charge in [-0.05, 0) is 13.3 Å². The lowest BCUT2D eigenvalue weighted by Crippen LogP contribution is -2.48. The highest BCUT2D eigenvalue weighted by atomic mass is 16.2. The second kappa shape index (κ2) is 11.3. The second-order valence-corrected chi connectivity index (χ2v) is 4.85. The van der Waals surface area contributed by atoms with E-state index in [9.17, 15) is 14.4 Å². The summed E-state index contributed by atoms with van der Waals surface area (Å²) in [6, 6.07) is -0.865. The minimum atomic E-state index is -0.865. The Morgan fingerprint density at radius 1 is 1.05 bits per heavy atom. The zero-order valence-electron chi connectivity index (χ0n) is 12.5. The summed E-state index contributed by atoms with van der Waals surface area (Å²) in [7, 11) is 0. The lowest BCUT2D eigenvalue weighted by atomic mass is 10.1. The maximum absolute atomic E-state index is 11.7. The minimum absolute atomic E-state index is 0.173. The molecule has 0 spiro atoms. The molecule has 116 valence electrons. The number of likely N-dealkylation sites (N-methyl/N-ethyl adjacent to an activating group) is 1. The molecule has 4 N–H and O–H groups in total. The van der Waals surface area contributed by atoms with Gasteiger partial charge in [0.2, 0.25) is 17.7 Å². The van der Waals surface area contributed by atoms with E-state index in [0.29, 0.717) is 13.0 Å². The first-order valence-electron chi connectivity index (χ1n) is 7.36. The number of carbonyl (C=O) groups excluding carboxylic acids is 3. The summed E-state index contributed by atoms with van der Waals surface area (Å²) >= 11 is 0. The third-order valence-electron chi connectivity index (χ3n) is 2.92. The molecule has 20 heavy (non-hydrogen) atoms. The first-order chi connectivity index (χ1) is 9.51. The maximum Gasteiger partial charge on any atom is 0.243 e. The molecule has 0 heterocycles. The van der Waals surface area contributed by atoms with Crippen LogP contribution in [0, 0.1) is 0 Å². The molecular formula is C14H27N3O3. The Labute approximate surface area is 120 Å². The lowest BCUT2D eigenvalue weighted by molar-refractivity contribution is -0.131. The van der Waals surface area contributed by atoms with E-state index >= 15 is 0 Å². The van der Waals surface area contributed by atoms with E-state index in [-0.39, 0.29) is 18.2 Å². The molecule has 3 amide bonds. The monoisotopic (exact) mass is 285 g/mol. The number of rotatable bonds is 11. The standard InChI is InChI=1S/C14H27N3O3/c1-3-5-6-7-8-9-13(19)17-11(10-12(15)18)14(20)16-4-2/h11H,3-10H2,1-2H3,(H2,15,18)(H,16,20)(H,17,19)/t11-/m1/s1. The predicted molar refractivity (Wildman–Crippen MR) is 77.8 cm³/mol. The van der Waals surface area contributed by atoms with Crippen molar-refractivity contribution >= 4 is 17.7 Å². The number of hydrogen-bond donors (Lipinski definition) is 3. The number of unbranched alkanes of at least 4 members (excludes halogenated alkanes) is 4. The Balaban J connectivity index is 4.11. The quantitative estimate of drug-likeness (QED) is 0.490. The minimum Gasteiger partial charge on any atom is -0.370 e. The summed E-state index contributed by atoms with van der Waals surface area (Å²) in [5.41, 5.74) is 5.09. The van der Waals surface area contributed by atoms with Crippen LogP contribution in [0.2, 0.25) is 0 Å². The molecule has 0 aromatic rings. The number of nitrogens with two attached hydrogens (primary N) is 1. The van der Waals surface area contributed by atoms with Gasteiger partial charge in [0.25, 0.3) is 0 Å². The van der Waals surface area contributed by atoms with Crippen molar-refractivity contribution in [2.45, 2.75) is 64.8 Å². The van der Waals surface area contributed by atoms with Gasteiger partial charge in [0, 0.05) is 13.0 Å². The van der Waals surface area contributed by atoms with E-state index in [0.717, 1.165) is 25.7 Å². The largest absolute Gasteiger partial charge is 0.370 e. The van der Waals surface area contributed by atoms with Crippen LogP contribution < -0.4 is 16.4 Å². The number of nitrogens with one attached hydrogen (secondary N) is 2. The highest BCUT2D eigenvalue weighted by Gasteiger charge is 2.21. The van der Waals surface area contributed by atoms with Crippen LogP contribution in [0.25, 0.3) is 0 Å². The molecule has 0 saturated heterocycles. The molecule has 0 radical (unpaired) electrons. The summed E-state index contributed by atoms with van der Waals surface area (Å²) in [5, 5.41) is 5.15. The van der Waals surface area contributed by atoms with Gasteiger partial charge >= 0.3 is 0 Å². The fourth-order valence-electron chi connectivity index (χ4n) is 1.86. The van der Waals surface area contributed by atoms with Crippen molar-refractivity contribution in [1.82, 2.24) is 10.6 Å². The van der Waals surface area contributed by atoms with Crippen LogP contribution >= 0.6 is 0 Å². The van der Waals surface area contributed by atoms with Gasteiger partial charge in [-0.15, -0.1) is 0 Å². The number of primary amides is 1. The van der Waals surface area contributed by atoms with E-state index < -0.39 is 11.9 Å². The molecular weight excluding hydrogens is 258 g/mol. The fourth-order valence-corrected chi connectivity index (χ4v) is 1.86. The van der Waals surface area contributed by atoms with E-state index in [1.807, 2.05) is 0 Å². The Morgan fingerprint density at radius 3 is 2.25 bits per heavy atom. The summed E-state index contributed by atoms with van der Waals surface area (Å²) in [6.07, 6.45) is 5.44. The van der Waals surface area contributed by atoms with Gasteiger partial charge in [-0.2, -0.15) is 0 Å². The van der Waals surface area contributed by atoms with Gasteiger partial charge in [0.05, 0.1) is 6.42 Å². The van der Waals surface area contributed by atoms with Gasteiger partial charge in [0.15, 0.2) is 0 Å². The van der Waals surface area contributed by atoms with Crippen LogP contribution in [0.5, 0.6) is 0 Å². The van der Waals surface area contributed by atoms with Crippen molar-refractivity contribution < 1.29 is 14.4 Å². The fraction of sp³-hybridized carbons (Fsp3) is 0.786. The Bertz CT molecular complexity index is 319. The third kappa shape index (κ3) is 9.35. The van der Waals surface area contributed by atoms with Gasteiger partial charge in [-0.25, -0.2) is 0 Å². The van der Waals surface area contributed by atoms with Crippen molar-refractivity contribution in [3.63, 3.8) is 0 Å². The number of amides is 3. The highest BCUT2D eigenvalue weighted by molar-refractivity contribution is 5.91. The average molecular weight is 285 g/mol. The first kappa shape index (κ1) is 18.4. The van der Waals surface area contributed by atoms with Gasteiger partial charge in [-0.1, -0.05) is 32.6 Å². The Morgan fingerprint density at radius 2 is 1.70 bits per heavy atom. The molecule has 6 nitrogen and oxygen atoms in total. The van der Waals surface area contributed by atoms with Gasteiger partial charge in [0.1, 0.15) is 6.04 Å². The average Bonchev–Trinajstić information content (AvgIpc) is 2.37. The summed E-state index contributed by atoms with van der Waals surface area (Å²) in [6.45, 7) is 4.35.